The topological polar surface area (TPSA) is 71.2 Å². The third-order valence-corrected chi connectivity index (χ3v) is 4.83. The van der Waals surface area contributed by atoms with Crippen molar-refractivity contribution in [1.29, 1.82) is 0 Å². The summed E-state index contributed by atoms with van der Waals surface area (Å²) in [4.78, 5) is 14.7. The molecule has 0 aromatic heterocycles. The van der Waals surface area contributed by atoms with Crippen LogP contribution < -0.4 is 0 Å². The summed E-state index contributed by atoms with van der Waals surface area (Å²) < 4.78 is 5.60. The summed E-state index contributed by atoms with van der Waals surface area (Å²) in [5.41, 5.74) is 0. The van der Waals surface area contributed by atoms with Gasteiger partial charge in [0.25, 0.3) is 0 Å². The summed E-state index contributed by atoms with van der Waals surface area (Å²) in [7, 11) is 3.98. The Hall–Kier alpha value is -0.860. The van der Waals surface area contributed by atoms with Crippen LogP contribution in [-0.2, 0) is 4.74 Å². The number of ether oxygens (including phenoxy) is 1. The van der Waals surface area contributed by atoms with Gasteiger partial charge in [0.05, 0.1) is 17.8 Å². The number of hydrazone groups is 1. The van der Waals surface area contributed by atoms with E-state index in [-0.39, 0.29) is 6.04 Å². The van der Waals surface area contributed by atoms with E-state index in [9.17, 15) is 10.1 Å². The maximum atomic E-state index is 10.5. The number of amidine groups is 1. The quantitative estimate of drug-likeness (QED) is 0.307. The SMILES string of the molecule is CSC(=N[N+](=O)[O-])N(C)C(C)CCN(C)CC1COC(C)C1. The van der Waals surface area contributed by atoms with Crippen molar-refractivity contribution in [3.05, 3.63) is 10.1 Å². The van der Waals surface area contributed by atoms with E-state index < -0.39 is 5.03 Å². The van der Waals surface area contributed by atoms with Crippen molar-refractivity contribution in [1.82, 2.24) is 9.80 Å². The predicted molar refractivity (Wildman–Crippen MR) is 90.8 cm³/mol. The van der Waals surface area contributed by atoms with Crippen molar-refractivity contribution in [3.8, 4) is 0 Å². The van der Waals surface area contributed by atoms with Gasteiger partial charge in [-0.1, -0.05) is 11.8 Å². The fraction of sp³-hybridized carbons (Fsp3) is 0.929. The summed E-state index contributed by atoms with van der Waals surface area (Å²) in [6.07, 6.45) is 4.25. The second kappa shape index (κ2) is 9.32. The van der Waals surface area contributed by atoms with E-state index in [1.807, 2.05) is 11.9 Å². The Bertz CT molecular complexity index is 394. The maximum Gasteiger partial charge on any atom is 0.237 e. The van der Waals surface area contributed by atoms with E-state index in [4.69, 9.17) is 4.74 Å². The van der Waals surface area contributed by atoms with Gasteiger partial charge >= 0.3 is 0 Å². The lowest BCUT2D eigenvalue weighted by Crippen LogP contribution is -2.37. The number of hydrogen-bond donors (Lipinski definition) is 0. The molecule has 0 aromatic rings. The van der Waals surface area contributed by atoms with Crippen LogP contribution in [0.15, 0.2) is 5.10 Å². The molecule has 1 fully saturated rings. The van der Waals surface area contributed by atoms with Gasteiger partial charge in [-0.2, -0.15) is 0 Å². The lowest BCUT2D eigenvalue weighted by atomic mass is 10.1. The first kappa shape index (κ1) is 19.2. The highest BCUT2D eigenvalue weighted by Crippen LogP contribution is 2.20. The number of nitro groups is 1. The molecule has 1 aliphatic rings. The minimum absolute atomic E-state index is 0.201. The van der Waals surface area contributed by atoms with Gasteiger partial charge in [0.1, 0.15) is 0 Å². The zero-order valence-corrected chi connectivity index (χ0v) is 15.0. The molecule has 0 N–H and O–H groups in total. The maximum absolute atomic E-state index is 10.5. The average molecular weight is 332 g/mol. The fourth-order valence-corrected chi connectivity index (χ4v) is 3.30. The van der Waals surface area contributed by atoms with E-state index in [0.29, 0.717) is 17.2 Å². The molecule has 3 unspecified atom stereocenters. The number of thioether (sulfide) groups is 1. The molecule has 3 atom stereocenters. The number of rotatable bonds is 7. The molecule has 0 radical (unpaired) electrons. The highest BCUT2D eigenvalue weighted by atomic mass is 32.2. The molecule has 1 aliphatic heterocycles. The second-order valence-electron chi connectivity index (χ2n) is 6.08. The van der Waals surface area contributed by atoms with Crippen LogP contribution in [0.4, 0.5) is 0 Å². The molecule has 0 spiro atoms. The van der Waals surface area contributed by atoms with Gasteiger partial charge < -0.3 is 14.5 Å². The minimum Gasteiger partial charge on any atom is -0.378 e. The molecule has 1 heterocycles. The van der Waals surface area contributed by atoms with Crippen LogP contribution >= 0.6 is 11.8 Å². The van der Waals surface area contributed by atoms with Gasteiger partial charge in [-0.05, 0) is 52.5 Å². The van der Waals surface area contributed by atoms with Crippen LogP contribution in [0.1, 0.15) is 26.7 Å². The Kier molecular flexibility index (Phi) is 8.13. The zero-order valence-electron chi connectivity index (χ0n) is 14.2. The lowest BCUT2D eigenvalue weighted by molar-refractivity contribution is -0.485. The summed E-state index contributed by atoms with van der Waals surface area (Å²) in [5, 5.41) is 13.8. The van der Waals surface area contributed by atoms with Crippen LogP contribution in [0.3, 0.4) is 0 Å². The van der Waals surface area contributed by atoms with Crippen molar-refractivity contribution in [3.63, 3.8) is 0 Å². The van der Waals surface area contributed by atoms with Crippen molar-refractivity contribution in [2.24, 2.45) is 11.0 Å². The number of hydrogen-bond acceptors (Lipinski definition) is 5. The Morgan fingerprint density at radius 2 is 2.23 bits per heavy atom. The van der Waals surface area contributed by atoms with Gasteiger partial charge in [0.15, 0.2) is 5.03 Å². The van der Waals surface area contributed by atoms with Crippen molar-refractivity contribution >= 4 is 16.9 Å². The molecule has 0 amide bonds. The normalized spacial score (nSPS) is 23.8. The third-order valence-electron chi connectivity index (χ3n) is 4.09. The molecule has 0 bridgehead atoms. The van der Waals surface area contributed by atoms with Gasteiger partial charge in [-0.25, -0.2) is 10.1 Å². The molecule has 128 valence electrons. The third kappa shape index (κ3) is 6.50. The monoisotopic (exact) mass is 332 g/mol. The van der Waals surface area contributed by atoms with Crippen LogP contribution in [0.25, 0.3) is 0 Å². The van der Waals surface area contributed by atoms with Gasteiger partial charge in [0, 0.05) is 19.6 Å². The first-order valence-electron chi connectivity index (χ1n) is 7.63. The van der Waals surface area contributed by atoms with Crippen LogP contribution in [-0.4, -0.2) is 72.2 Å². The lowest BCUT2D eigenvalue weighted by Gasteiger charge is -2.28. The molecule has 7 nitrogen and oxygen atoms in total. The largest absolute Gasteiger partial charge is 0.378 e. The van der Waals surface area contributed by atoms with Crippen LogP contribution in [0.5, 0.6) is 0 Å². The van der Waals surface area contributed by atoms with E-state index in [2.05, 4.69) is 30.9 Å². The average Bonchev–Trinajstić information content (AvgIpc) is 2.86. The standard InChI is InChI=1S/C14H28N4O3S/c1-11(17(4)14(22-5)15-18(19)20)6-7-16(3)9-13-8-12(2)21-10-13/h11-13H,6-10H2,1-5H3. The number of nitrogens with zero attached hydrogens (tertiary/aromatic N) is 4. The molecular formula is C14H28N4O3S. The summed E-state index contributed by atoms with van der Waals surface area (Å²) in [6, 6.07) is 0.201. The first-order chi connectivity index (χ1) is 10.3. The molecule has 22 heavy (non-hydrogen) atoms. The summed E-state index contributed by atoms with van der Waals surface area (Å²) in [5.74, 6) is 0.617. The van der Waals surface area contributed by atoms with Gasteiger partial charge in [-0.3, -0.25) is 0 Å². The smallest absolute Gasteiger partial charge is 0.237 e. The summed E-state index contributed by atoms with van der Waals surface area (Å²) >= 11 is 1.30. The Morgan fingerprint density at radius 3 is 2.73 bits per heavy atom. The Balaban J connectivity index is 2.37. The molecule has 0 aromatic carbocycles. The molecule has 0 saturated carbocycles. The van der Waals surface area contributed by atoms with Crippen LogP contribution in [0, 0.1) is 16.0 Å². The first-order valence-corrected chi connectivity index (χ1v) is 8.85. The van der Waals surface area contributed by atoms with Crippen molar-refractivity contribution in [2.75, 3.05) is 40.0 Å². The zero-order chi connectivity index (χ0) is 16.7. The fourth-order valence-electron chi connectivity index (χ4n) is 2.68. The van der Waals surface area contributed by atoms with Gasteiger partial charge in [-0.15, -0.1) is 0 Å². The highest BCUT2D eigenvalue weighted by Gasteiger charge is 2.23. The van der Waals surface area contributed by atoms with E-state index in [0.717, 1.165) is 32.5 Å². The van der Waals surface area contributed by atoms with Crippen molar-refractivity contribution in [2.45, 2.75) is 38.8 Å². The molecule has 1 saturated heterocycles. The van der Waals surface area contributed by atoms with E-state index in [1.165, 1.54) is 11.8 Å². The molecule has 1 rings (SSSR count). The minimum atomic E-state index is -0.636. The Labute approximate surface area is 137 Å². The van der Waals surface area contributed by atoms with E-state index >= 15 is 0 Å². The Morgan fingerprint density at radius 1 is 1.55 bits per heavy atom. The summed E-state index contributed by atoms with van der Waals surface area (Å²) in [6.45, 7) is 7.04. The molecule has 0 aliphatic carbocycles. The van der Waals surface area contributed by atoms with Crippen LogP contribution in [0.2, 0.25) is 0 Å². The van der Waals surface area contributed by atoms with Gasteiger partial charge in [0.2, 0.25) is 5.17 Å². The van der Waals surface area contributed by atoms with E-state index in [1.54, 1.807) is 6.26 Å². The second-order valence-corrected chi connectivity index (χ2v) is 6.85. The molecule has 8 heteroatoms. The highest BCUT2D eigenvalue weighted by molar-refractivity contribution is 8.13. The predicted octanol–water partition coefficient (Wildman–Crippen LogP) is 1.96. The molecular weight excluding hydrogens is 304 g/mol. The van der Waals surface area contributed by atoms with Crippen molar-refractivity contribution < 1.29 is 9.77 Å².